The Morgan fingerprint density at radius 3 is 2.24 bits per heavy atom. The Kier molecular flexibility index (Phi) is 8.55. The Labute approximate surface area is 259 Å². The number of hydrogen-bond acceptors (Lipinski definition) is 8. The monoisotopic (exact) mass is 631 g/mol. The van der Waals surface area contributed by atoms with E-state index in [1.165, 1.54) is 43.0 Å². The van der Waals surface area contributed by atoms with Gasteiger partial charge in [-0.05, 0) is 73.5 Å². The van der Waals surface area contributed by atoms with Crippen molar-refractivity contribution in [3.05, 3.63) is 95.9 Å². The molecule has 0 bridgehead atoms. The summed E-state index contributed by atoms with van der Waals surface area (Å²) in [6.45, 7) is 3.34. The summed E-state index contributed by atoms with van der Waals surface area (Å²) in [6.07, 6.45) is 2.02. The predicted molar refractivity (Wildman–Crippen MR) is 167 cm³/mol. The fourth-order valence-corrected chi connectivity index (χ4v) is 5.87. The zero-order valence-electron chi connectivity index (χ0n) is 25.1. The van der Waals surface area contributed by atoms with Crippen LogP contribution < -0.4 is 15.0 Å². The molecule has 5 rings (SSSR count). The molecule has 1 N–H and O–H groups in total. The van der Waals surface area contributed by atoms with E-state index in [-0.39, 0.29) is 34.0 Å². The fourth-order valence-electron chi connectivity index (χ4n) is 4.91. The van der Waals surface area contributed by atoms with Crippen LogP contribution in [0.5, 0.6) is 5.75 Å². The van der Waals surface area contributed by atoms with E-state index in [0.29, 0.717) is 22.5 Å². The van der Waals surface area contributed by atoms with Gasteiger partial charge in [-0.2, -0.15) is 4.98 Å². The molecule has 0 radical (unpaired) electrons. The van der Waals surface area contributed by atoms with Crippen LogP contribution in [-0.2, 0) is 19.4 Å². The van der Waals surface area contributed by atoms with E-state index in [4.69, 9.17) is 9.47 Å². The van der Waals surface area contributed by atoms with E-state index in [0.717, 1.165) is 22.3 Å². The van der Waals surface area contributed by atoms with Crippen LogP contribution in [0, 0.1) is 12.7 Å². The van der Waals surface area contributed by atoms with Crippen LogP contribution in [0.3, 0.4) is 0 Å². The molecule has 0 spiro atoms. The largest absolute Gasteiger partial charge is 0.494 e. The summed E-state index contributed by atoms with van der Waals surface area (Å²) in [5, 5.41) is 7.39. The van der Waals surface area contributed by atoms with Crippen molar-refractivity contribution in [1.29, 1.82) is 0 Å². The highest BCUT2D eigenvalue weighted by Gasteiger charge is 2.29. The zero-order valence-corrected chi connectivity index (χ0v) is 25.9. The van der Waals surface area contributed by atoms with E-state index < -0.39 is 21.8 Å². The lowest BCUT2D eigenvalue weighted by atomic mass is 10.00. The maximum Gasteiger partial charge on any atom is 0.421 e. The Morgan fingerprint density at radius 1 is 0.956 bits per heavy atom. The van der Waals surface area contributed by atoms with Crippen molar-refractivity contribution < 1.29 is 31.9 Å². The molecular weight excluding hydrogens is 601 g/mol. The first-order chi connectivity index (χ1) is 21.4. The molecule has 0 fully saturated rings. The van der Waals surface area contributed by atoms with Gasteiger partial charge in [0.05, 0.1) is 30.7 Å². The number of aromatic nitrogens is 3. The molecule has 5 aromatic rings. The molecule has 232 valence electrons. The Hall–Kier alpha value is -5.30. The number of hydrogen-bond donors (Lipinski definition) is 1. The molecule has 0 saturated heterocycles. The summed E-state index contributed by atoms with van der Waals surface area (Å²) in [5.74, 6) is -0.919. The van der Waals surface area contributed by atoms with Gasteiger partial charge in [0.25, 0.3) is 5.95 Å². The number of halogens is 1. The molecule has 0 saturated carbocycles. The van der Waals surface area contributed by atoms with Crippen molar-refractivity contribution in [3.63, 3.8) is 0 Å². The number of anilines is 3. The summed E-state index contributed by atoms with van der Waals surface area (Å²) >= 11 is 0. The van der Waals surface area contributed by atoms with Crippen LogP contribution in [0.25, 0.3) is 16.8 Å². The number of nitrogens with one attached hydrogen (secondary N) is 1. The number of carbonyl (C=O) groups excluding carboxylic acids is 2. The molecule has 2 aromatic heterocycles. The lowest BCUT2D eigenvalue weighted by molar-refractivity contribution is -0.117. The maximum atomic E-state index is 13.3. The van der Waals surface area contributed by atoms with Crippen LogP contribution in [0.1, 0.15) is 24.0 Å². The second-order valence-corrected chi connectivity index (χ2v) is 12.3. The number of pyridine rings is 1. The van der Waals surface area contributed by atoms with Crippen molar-refractivity contribution >= 4 is 44.8 Å². The molecule has 45 heavy (non-hydrogen) atoms. The smallest absolute Gasteiger partial charge is 0.421 e. The van der Waals surface area contributed by atoms with Crippen LogP contribution in [0.4, 0.5) is 26.5 Å². The van der Waals surface area contributed by atoms with Crippen LogP contribution in [-0.4, -0.2) is 55.5 Å². The zero-order chi connectivity index (χ0) is 32.5. The Balaban J connectivity index is 1.42. The number of benzene rings is 3. The first-order valence-electron chi connectivity index (χ1n) is 13.7. The summed E-state index contributed by atoms with van der Waals surface area (Å²) in [6, 6.07) is 19.5. The summed E-state index contributed by atoms with van der Waals surface area (Å²) in [4.78, 5) is 31.4. The van der Waals surface area contributed by atoms with E-state index in [2.05, 4.69) is 15.4 Å². The minimum absolute atomic E-state index is 0.0165. The number of rotatable bonds is 8. The molecule has 2 heterocycles. The second kappa shape index (κ2) is 12.4. The fraction of sp³-hybridized carbons (Fsp3) is 0.188. The van der Waals surface area contributed by atoms with Crippen LogP contribution in [0.15, 0.2) is 83.9 Å². The molecule has 13 heteroatoms. The first kappa shape index (κ1) is 31.1. The SMILES string of the molecule is COC(=O)N(c1nc2ccc(-c3ccc(NC(=O)[C@H](C)c4ccc(F)cc4)cc3)cn2n1)c1ccc(S(C)(=O)=O)c(C)c1OC. The Bertz CT molecular complexity index is 2010. The summed E-state index contributed by atoms with van der Waals surface area (Å²) in [7, 11) is -0.973. The van der Waals surface area contributed by atoms with Gasteiger partial charge in [-0.1, -0.05) is 24.3 Å². The highest BCUT2D eigenvalue weighted by molar-refractivity contribution is 7.90. The van der Waals surface area contributed by atoms with Gasteiger partial charge in [-0.25, -0.2) is 27.0 Å². The topological polar surface area (TPSA) is 132 Å². The lowest BCUT2D eigenvalue weighted by Gasteiger charge is -2.22. The third-order valence-corrected chi connectivity index (χ3v) is 8.55. The normalized spacial score (nSPS) is 12.0. The van der Waals surface area contributed by atoms with Crippen molar-refractivity contribution in [2.75, 3.05) is 30.7 Å². The van der Waals surface area contributed by atoms with Gasteiger partial charge in [-0.3, -0.25) is 4.79 Å². The molecule has 0 unspecified atom stereocenters. The van der Waals surface area contributed by atoms with Gasteiger partial charge < -0.3 is 14.8 Å². The van der Waals surface area contributed by atoms with Gasteiger partial charge in [0, 0.05) is 29.3 Å². The second-order valence-electron chi connectivity index (χ2n) is 10.3. The number of fused-ring (bicyclic) bond motifs is 1. The molecule has 0 aliphatic carbocycles. The molecule has 3 aromatic carbocycles. The van der Waals surface area contributed by atoms with Crippen molar-refractivity contribution in [3.8, 4) is 16.9 Å². The molecule has 1 atom stereocenters. The quantitative estimate of drug-likeness (QED) is 0.224. The number of amides is 2. The number of ether oxygens (including phenoxy) is 2. The third kappa shape index (κ3) is 6.34. The summed E-state index contributed by atoms with van der Waals surface area (Å²) in [5.41, 5.74) is 3.88. The molecule has 0 aliphatic rings. The summed E-state index contributed by atoms with van der Waals surface area (Å²) < 4.78 is 49.8. The van der Waals surface area contributed by atoms with Crippen LogP contribution in [0.2, 0.25) is 0 Å². The highest BCUT2D eigenvalue weighted by atomic mass is 32.2. The molecule has 2 amide bonds. The number of methoxy groups -OCH3 is 2. The number of carbonyl (C=O) groups is 2. The van der Waals surface area contributed by atoms with E-state index in [1.54, 1.807) is 50.4 Å². The van der Waals surface area contributed by atoms with Gasteiger partial charge in [0.2, 0.25) is 5.91 Å². The number of sulfone groups is 1. The van der Waals surface area contributed by atoms with Gasteiger partial charge in [0.1, 0.15) is 11.6 Å². The lowest BCUT2D eigenvalue weighted by Crippen LogP contribution is -2.27. The minimum atomic E-state index is -3.56. The molecule has 0 aliphatic heterocycles. The number of nitrogens with zero attached hydrogens (tertiary/aromatic N) is 4. The maximum absolute atomic E-state index is 13.3. The standard InChI is InChI=1S/C32H30FN5O6S/c1-19(21-6-11-24(33)12-7-21)30(39)34-25-13-8-22(9-14-25)23-10-17-28-35-31(36-37(28)18-23)38(32(40)44-4)26-15-16-27(45(5,41)42)20(2)29(26)43-3/h6-19H,1-5H3,(H,34,39)/t19-/m1/s1. The van der Waals surface area contributed by atoms with Gasteiger partial charge >= 0.3 is 6.09 Å². The van der Waals surface area contributed by atoms with Crippen molar-refractivity contribution in [2.45, 2.75) is 24.7 Å². The highest BCUT2D eigenvalue weighted by Crippen LogP contribution is 2.39. The van der Waals surface area contributed by atoms with Gasteiger partial charge in [0.15, 0.2) is 15.5 Å². The third-order valence-electron chi connectivity index (χ3n) is 7.31. The average Bonchev–Trinajstić information content (AvgIpc) is 3.43. The van der Waals surface area contributed by atoms with Gasteiger partial charge in [-0.15, -0.1) is 5.10 Å². The minimum Gasteiger partial charge on any atom is -0.494 e. The average molecular weight is 632 g/mol. The predicted octanol–water partition coefficient (Wildman–Crippen LogP) is 5.90. The van der Waals surface area contributed by atoms with Crippen LogP contribution >= 0.6 is 0 Å². The van der Waals surface area contributed by atoms with Crippen molar-refractivity contribution in [2.24, 2.45) is 0 Å². The first-order valence-corrected chi connectivity index (χ1v) is 15.6. The van der Waals surface area contributed by atoms with E-state index in [9.17, 15) is 22.4 Å². The van der Waals surface area contributed by atoms with E-state index in [1.807, 2.05) is 18.2 Å². The Morgan fingerprint density at radius 2 is 1.62 bits per heavy atom. The van der Waals surface area contributed by atoms with E-state index >= 15 is 0 Å². The molecular formula is C32H30FN5O6S. The molecule has 11 nitrogen and oxygen atoms in total. The van der Waals surface area contributed by atoms with Crippen molar-refractivity contribution in [1.82, 2.24) is 14.6 Å².